The fourth-order valence-electron chi connectivity index (χ4n) is 3.13. The quantitative estimate of drug-likeness (QED) is 0.733. The van der Waals surface area contributed by atoms with Crippen molar-refractivity contribution < 1.29 is 9.53 Å². The maximum atomic E-state index is 13.0. The van der Waals surface area contributed by atoms with Gasteiger partial charge in [-0.25, -0.2) is 9.78 Å². The smallest absolute Gasteiger partial charge is 0.327 e. The molecule has 0 saturated heterocycles. The first kappa shape index (κ1) is 17.9. The van der Waals surface area contributed by atoms with Crippen molar-refractivity contribution in [3.05, 3.63) is 60.2 Å². The number of hydrogen-bond acceptors (Lipinski definition) is 5. The highest BCUT2D eigenvalue weighted by molar-refractivity contribution is 6.02. The maximum Gasteiger partial charge on any atom is 0.327 e. The van der Waals surface area contributed by atoms with E-state index in [0.29, 0.717) is 30.4 Å². The van der Waals surface area contributed by atoms with Crippen molar-refractivity contribution in [1.82, 2.24) is 15.0 Å². The van der Waals surface area contributed by atoms with Gasteiger partial charge in [0, 0.05) is 41.6 Å². The Bertz CT molecular complexity index is 1020. The van der Waals surface area contributed by atoms with Crippen molar-refractivity contribution in [2.75, 3.05) is 23.4 Å². The Morgan fingerprint density at radius 3 is 2.64 bits per heavy atom. The molecule has 0 fully saturated rings. The van der Waals surface area contributed by atoms with E-state index in [1.54, 1.807) is 23.4 Å². The molecule has 0 aliphatic carbocycles. The number of urea groups is 1. The summed E-state index contributed by atoms with van der Waals surface area (Å²) in [5.74, 6) is 1.13. The number of carbonyl (C=O) groups is 1. The van der Waals surface area contributed by atoms with Crippen LogP contribution in [0.5, 0.6) is 5.75 Å². The van der Waals surface area contributed by atoms with E-state index in [1.807, 2.05) is 44.2 Å². The third kappa shape index (κ3) is 3.78. The van der Waals surface area contributed by atoms with Crippen LogP contribution in [0.4, 0.5) is 16.3 Å². The van der Waals surface area contributed by atoms with Crippen LogP contribution in [0.25, 0.3) is 11.3 Å². The lowest BCUT2D eigenvalue weighted by atomic mass is 10.1. The SMILES string of the molecule is Cc1cc(NC(=O)N2CCCOc3ccc(-c4ccnc(C)c4)nc32)ccn1. The van der Waals surface area contributed by atoms with Crippen LogP contribution in [0.15, 0.2) is 48.8 Å². The summed E-state index contributed by atoms with van der Waals surface area (Å²) in [4.78, 5) is 27.8. The molecule has 7 heteroatoms. The Morgan fingerprint density at radius 2 is 1.86 bits per heavy atom. The fourth-order valence-corrected chi connectivity index (χ4v) is 3.13. The van der Waals surface area contributed by atoms with Crippen molar-refractivity contribution in [2.24, 2.45) is 0 Å². The monoisotopic (exact) mass is 375 g/mol. The molecule has 3 aromatic heterocycles. The van der Waals surface area contributed by atoms with E-state index in [0.717, 1.165) is 29.1 Å². The van der Waals surface area contributed by atoms with E-state index < -0.39 is 0 Å². The average Bonchev–Trinajstić information content (AvgIpc) is 2.90. The van der Waals surface area contributed by atoms with Gasteiger partial charge in [0.05, 0.1) is 12.3 Å². The summed E-state index contributed by atoms with van der Waals surface area (Å²) in [7, 11) is 0. The molecule has 28 heavy (non-hydrogen) atoms. The molecule has 0 unspecified atom stereocenters. The number of pyridine rings is 3. The first-order valence-electron chi connectivity index (χ1n) is 9.18. The van der Waals surface area contributed by atoms with Gasteiger partial charge in [-0.15, -0.1) is 0 Å². The van der Waals surface area contributed by atoms with E-state index >= 15 is 0 Å². The number of aromatic nitrogens is 3. The molecule has 0 bridgehead atoms. The van der Waals surface area contributed by atoms with Gasteiger partial charge in [0.15, 0.2) is 11.6 Å². The molecule has 0 atom stereocenters. The van der Waals surface area contributed by atoms with Crippen LogP contribution >= 0.6 is 0 Å². The summed E-state index contributed by atoms with van der Waals surface area (Å²) >= 11 is 0. The minimum Gasteiger partial charge on any atom is -0.490 e. The van der Waals surface area contributed by atoms with Crippen LogP contribution in [0.2, 0.25) is 0 Å². The Hall–Kier alpha value is -3.48. The zero-order chi connectivity index (χ0) is 19.5. The van der Waals surface area contributed by atoms with Gasteiger partial charge in [0.1, 0.15) is 0 Å². The number of aryl methyl sites for hydroxylation is 2. The number of nitrogens with zero attached hydrogens (tertiary/aromatic N) is 4. The van der Waals surface area contributed by atoms with E-state index in [-0.39, 0.29) is 6.03 Å². The van der Waals surface area contributed by atoms with Crippen LogP contribution in [0.1, 0.15) is 17.8 Å². The molecule has 142 valence electrons. The third-order valence-corrected chi connectivity index (χ3v) is 4.46. The first-order valence-corrected chi connectivity index (χ1v) is 9.18. The lowest BCUT2D eigenvalue weighted by Crippen LogP contribution is -2.36. The van der Waals surface area contributed by atoms with Gasteiger partial charge in [-0.05, 0) is 56.7 Å². The van der Waals surface area contributed by atoms with Gasteiger partial charge in [0.25, 0.3) is 0 Å². The molecule has 0 saturated carbocycles. The molecule has 0 aromatic carbocycles. The molecule has 1 N–H and O–H groups in total. The number of anilines is 2. The summed E-state index contributed by atoms with van der Waals surface area (Å²) in [6.45, 7) is 4.89. The third-order valence-electron chi connectivity index (χ3n) is 4.46. The normalized spacial score (nSPS) is 13.3. The van der Waals surface area contributed by atoms with Gasteiger partial charge in [0.2, 0.25) is 0 Å². The number of amides is 2. The predicted octanol–water partition coefficient (Wildman–Crippen LogP) is 3.98. The van der Waals surface area contributed by atoms with E-state index in [1.165, 1.54) is 0 Å². The average molecular weight is 375 g/mol. The number of hydrogen-bond donors (Lipinski definition) is 1. The lowest BCUT2D eigenvalue weighted by molar-refractivity contribution is 0.256. The fraction of sp³-hybridized carbons (Fsp3) is 0.238. The van der Waals surface area contributed by atoms with Crippen LogP contribution < -0.4 is 15.0 Å². The number of rotatable bonds is 2. The molecule has 1 aliphatic heterocycles. The summed E-state index contributed by atoms with van der Waals surface area (Å²) in [6.07, 6.45) is 4.15. The second-order valence-corrected chi connectivity index (χ2v) is 6.67. The molecule has 0 spiro atoms. The Kier molecular flexibility index (Phi) is 4.89. The van der Waals surface area contributed by atoms with Crippen LogP contribution in [-0.2, 0) is 0 Å². The number of carbonyl (C=O) groups excluding carboxylic acids is 1. The van der Waals surface area contributed by atoms with Crippen LogP contribution in [-0.4, -0.2) is 34.1 Å². The number of fused-ring (bicyclic) bond motifs is 1. The number of nitrogens with one attached hydrogen (secondary N) is 1. The highest BCUT2D eigenvalue weighted by Gasteiger charge is 2.24. The second-order valence-electron chi connectivity index (χ2n) is 6.67. The molecular weight excluding hydrogens is 354 g/mol. The predicted molar refractivity (Wildman–Crippen MR) is 108 cm³/mol. The van der Waals surface area contributed by atoms with E-state index in [2.05, 4.69) is 15.3 Å². The first-order chi connectivity index (χ1) is 13.6. The van der Waals surface area contributed by atoms with Crippen molar-refractivity contribution in [3.8, 4) is 17.0 Å². The van der Waals surface area contributed by atoms with Gasteiger partial charge in [-0.1, -0.05) is 0 Å². The lowest BCUT2D eigenvalue weighted by Gasteiger charge is -2.22. The number of ether oxygens (including phenoxy) is 1. The Labute approximate surface area is 163 Å². The van der Waals surface area contributed by atoms with Gasteiger partial charge < -0.3 is 10.1 Å². The van der Waals surface area contributed by atoms with E-state index in [4.69, 9.17) is 9.72 Å². The van der Waals surface area contributed by atoms with Crippen molar-refractivity contribution in [1.29, 1.82) is 0 Å². The zero-order valence-electron chi connectivity index (χ0n) is 15.8. The van der Waals surface area contributed by atoms with Gasteiger partial charge >= 0.3 is 6.03 Å². The molecular formula is C21H21N5O2. The molecule has 2 amide bonds. The summed E-state index contributed by atoms with van der Waals surface area (Å²) < 4.78 is 5.81. The van der Waals surface area contributed by atoms with Gasteiger partial charge in [-0.3, -0.25) is 14.9 Å². The summed E-state index contributed by atoms with van der Waals surface area (Å²) in [5.41, 5.74) is 4.17. The molecule has 0 radical (unpaired) electrons. The summed E-state index contributed by atoms with van der Waals surface area (Å²) in [5, 5.41) is 2.93. The van der Waals surface area contributed by atoms with Crippen LogP contribution in [0, 0.1) is 13.8 Å². The minimum atomic E-state index is -0.243. The standard InChI is InChI=1S/C21H21N5O2/c1-14-12-16(6-8-22-14)18-4-5-19-20(25-18)26(10-3-11-28-19)21(27)24-17-7-9-23-15(2)13-17/h4-9,12-13H,3,10-11H2,1-2H3,(H,23,24,27). The largest absolute Gasteiger partial charge is 0.490 e. The van der Waals surface area contributed by atoms with Crippen molar-refractivity contribution >= 4 is 17.5 Å². The second kappa shape index (κ2) is 7.64. The van der Waals surface area contributed by atoms with Gasteiger partial charge in [-0.2, -0.15) is 0 Å². The highest BCUT2D eigenvalue weighted by Crippen LogP contribution is 2.32. The van der Waals surface area contributed by atoms with Crippen molar-refractivity contribution in [3.63, 3.8) is 0 Å². The molecule has 1 aliphatic rings. The Morgan fingerprint density at radius 1 is 1.07 bits per heavy atom. The highest BCUT2D eigenvalue weighted by atomic mass is 16.5. The van der Waals surface area contributed by atoms with Crippen LogP contribution in [0.3, 0.4) is 0 Å². The molecule has 4 heterocycles. The molecule has 4 rings (SSSR count). The Balaban J connectivity index is 1.68. The molecule has 3 aromatic rings. The zero-order valence-corrected chi connectivity index (χ0v) is 15.8. The topological polar surface area (TPSA) is 80.2 Å². The maximum absolute atomic E-state index is 13.0. The summed E-state index contributed by atoms with van der Waals surface area (Å²) in [6, 6.07) is 11.0. The van der Waals surface area contributed by atoms with E-state index in [9.17, 15) is 4.79 Å². The van der Waals surface area contributed by atoms with Crippen molar-refractivity contribution in [2.45, 2.75) is 20.3 Å². The molecule has 7 nitrogen and oxygen atoms in total. The minimum absolute atomic E-state index is 0.243.